The summed E-state index contributed by atoms with van der Waals surface area (Å²) in [5, 5.41) is 28.6. The number of sulfone groups is 2. The fourth-order valence-corrected chi connectivity index (χ4v) is 9.26. The lowest BCUT2D eigenvalue weighted by Gasteiger charge is -2.12. The van der Waals surface area contributed by atoms with Crippen LogP contribution in [0, 0.1) is 0 Å². The molecule has 314 valence electrons. The largest absolute Gasteiger partial charge is 0.507 e. The second-order valence-electron chi connectivity index (χ2n) is 11.8. The zero-order valence-corrected chi connectivity index (χ0v) is 34.0. The Morgan fingerprint density at radius 2 is 1.40 bits per heavy atom. The number of aromatic hydroxyl groups is 1. The van der Waals surface area contributed by atoms with Gasteiger partial charge < -0.3 is 16.2 Å². The van der Waals surface area contributed by atoms with Gasteiger partial charge in [-0.15, -0.1) is 26.9 Å². The van der Waals surface area contributed by atoms with E-state index in [1.54, 1.807) is 0 Å². The second-order valence-corrected chi connectivity index (χ2v) is 20.5. The molecule has 0 unspecified atom stereocenters. The lowest BCUT2D eigenvalue weighted by atomic mass is 10.1. The van der Waals surface area contributed by atoms with E-state index in [1.165, 1.54) is 12.1 Å². The first-order valence-corrected chi connectivity index (χ1v) is 24.1. The van der Waals surface area contributed by atoms with Crippen molar-refractivity contribution in [1.82, 2.24) is 0 Å². The molecule has 0 aliphatic heterocycles. The van der Waals surface area contributed by atoms with Gasteiger partial charge >= 0.3 is 10.4 Å². The van der Waals surface area contributed by atoms with Crippen LogP contribution in [0.4, 0.5) is 34.1 Å². The summed E-state index contributed by atoms with van der Waals surface area (Å²) >= 11 is 5.52. The minimum absolute atomic E-state index is 0.000602. The van der Waals surface area contributed by atoms with Gasteiger partial charge in [0.15, 0.2) is 19.7 Å². The Hall–Kier alpha value is -4.71. The van der Waals surface area contributed by atoms with Crippen LogP contribution in [0.15, 0.2) is 95.8 Å². The van der Waals surface area contributed by atoms with Crippen LogP contribution in [-0.4, -0.2) is 96.5 Å². The molecule has 4 aromatic carbocycles. The first kappa shape index (κ1) is 46.0. The number of fused-ring (bicyclic) bond motifs is 1. The molecule has 0 heterocycles. The molecule has 0 atom stereocenters. The van der Waals surface area contributed by atoms with Gasteiger partial charge in [-0.2, -0.15) is 30.4 Å². The van der Waals surface area contributed by atoms with Crippen molar-refractivity contribution in [3.63, 3.8) is 0 Å². The molecule has 0 saturated heterocycles. The van der Waals surface area contributed by atoms with E-state index in [0.29, 0.717) is 6.07 Å². The van der Waals surface area contributed by atoms with Gasteiger partial charge in [0.05, 0.1) is 56.1 Å². The van der Waals surface area contributed by atoms with E-state index in [-0.39, 0.29) is 62.9 Å². The number of nitrogens with zero attached hydrogens (tertiary/aromatic N) is 4. The molecule has 4 rings (SSSR count). The van der Waals surface area contributed by atoms with E-state index < -0.39 is 101 Å². The smallest absolute Gasteiger partial charge is 0.397 e. The highest BCUT2D eigenvalue weighted by molar-refractivity contribution is 7.91. The molecule has 0 bridgehead atoms. The van der Waals surface area contributed by atoms with Crippen LogP contribution in [0.5, 0.6) is 5.75 Å². The number of anilines is 2. The summed E-state index contributed by atoms with van der Waals surface area (Å²) in [6, 6.07) is 10.2. The monoisotopic (exact) mass is 926 g/mol. The lowest BCUT2D eigenvalue weighted by Crippen LogP contribution is -2.16. The van der Waals surface area contributed by atoms with E-state index in [1.807, 2.05) is 0 Å². The standard InChI is InChI=1S/C30H31ClN6O16S5/c31-9-12-54(40,41)11-1-2-28(39)33-23-16-25(36-37-30-22(32)8-3-18-14-21(56(44,45)46)15-26(38)29(18)30)27(57(47,48)49)17-24(23)35-34-19-4-6-20(7-5-19)55(42,43)13-10-53-58(50,51)52/h3-8,14-17,38H,1-2,9-13,32H2,(H,33,39)(H,44,45,46)(H,47,48,49)(H,50,51,52). The third-order valence-corrected chi connectivity index (χ3v) is 13.6. The molecule has 22 nitrogen and oxygen atoms in total. The average molecular weight is 927 g/mol. The van der Waals surface area contributed by atoms with Crippen molar-refractivity contribution >= 4 is 113 Å². The molecule has 28 heteroatoms. The fraction of sp³-hybridized carbons (Fsp3) is 0.233. The average Bonchev–Trinajstić information content (AvgIpc) is 3.09. The maximum Gasteiger partial charge on any atom is 0.397 e. The third-order valence-electron chi connectivity index (χ3n) is 7.56. The number of carbonyl (C=O) groups excluding carboxylic acids is 1. The number of alkyl halides is 1. The van der Waals surface area contributed by atoms with Crippen LogP contribution < -0.4 is 11.1 Å². The van der Waals surface area contributed by atoms with Gasteiger partial charge in [-0.1, -0.05) is 6.07 Å². The van der Waals surface area contributed by atoms with Crippen molar-refractivity contribution in [3.8, 4) is 5.75 Å². The van der Waals surface area contributed by atoms with Crippen LogP contribution in [-0.2, 0) is 59.3 Å². The van der Waals surface area contributed by atoms with Gasteiger partial charge in [0.25, 0.3) is 20.2 Å². The number of nitrogens with one attached hydrogen (secondary N) is 1. The molecule has 4 aromatic rings. The summed E-state index contributed by atoms with van der Waals surface area (Å²) in [4.78, 5) is 11.1. The normalized spacial score (nSPS) is 13.1. The van der Waals surface area contributed by atoms with Crippen LogP contribution in [0.2, 0.25) is 0 Å². The molecule has 0 radical (unpaired) electrons. The van der Waals surface area contributed by atoms with Crippen molar-refractivity contribution in [3.05, 3.63) is 60.7 Å². The highest BCUT2D eigenvalue weighted by atomic mass is 35.5. The summed E-state index contributed by atoms with van der Waals surface area (Å²) in [5.41, 5.74) is 4.11. The van der Waals surface area contributed by atoms with E-state index in [0.717, 1.165) is 42.5 Å². The number of rotatable bonds is 18. The molecular weight excluding hydrogens is 896 g/mol. The number of azo groups is 2. The topological polar surface area (TPSA) is 365 Å². The van der Waals surface area contributed by atoms with Gasteiger partial charge in [0, 0.05) is 18.4 Å². The van der Waals surface area contributed by atoms with Crippen LogP contribution in [0.3, 0.4) is 0 Å². The molecule has 0 fully saturated rings. The molecule has 0 spiro atoms. The van der Waals surface area contributed by atoms with E-state index in [4.69, 9.17) is 21.9 Å². The number of hydrogen-bond acceptors (Lipinski definition) is 18. The quantitative estimate of drug-likeness (QED) is 0.0348. The molecule has 7 N–H and O–H groups in total. The van der Waals surface area contributed by atoms with E-state index >= 15 is 0 Å². The Morgan fingerprint density at radius 1 is 0.741 bits per heavy atom. The first-order chi connectivity index (χ1) is 26.8. The summed E-state index contributed by atoms with van der Waals surface area (Å²) in [7, 11) is -22.6. The predicted molar refractivity (Wildman–Crippen MR) is 208 cm³/mol. The molecule has 0 aromatic heterocycles. The first-order valence-electron chi connectivity index (χ1n) is 15.8. The molecule has 0 aliphatic rings. The Bertz CT molecular complexity index is 2870. The van der Waals surface area contributed by atoms with Crippen molar-refractivity contribution in [2.75, 3.05) is 40.8 Å². The Balaban J connectivity index is 1.79. The summed E-state index contributed by atoms with van der Waals surface area (Å²) in [6.45, 7) is -0.887. The second kappa shape index (κ2) is 18.1. The number of nitrogens with two attached hydrogens (primary N) is 1. The van der Waals surface area contributed by atoms with E-state index in [2.05, 4.69) is 30.0 Å². The van der Waals surface area contributed by atoms with E-state index in [9.17, 15) is 61.1 Å². The van der Waals surface area contributed by atoms with Gasteiger partial charge in [0.1, 0.15) is 27.7 Å². The minimum atomic E-state index is -5.20. The Kier molecular flexibility index (Phi) is 14.3. The number of halogens is 1. The zero-order valence-electron chi connectivity index (χ0n) is 29.2. The SMILES string of the molecule is Nc1ccc2cc(S(=O)(=O)O)cc(O)c2c1N=Nc1cc(NC(=O)CCCS(=O)(=O)CCCl)c(N=Nc2ccc(S(=O)(=O)CCOS(=O)(=O)O)cc2)cc1S(=O)(=O)O. The van der Waals surface area contributed by atoms with Crippen molar-refractivity contribution in [1.29, 1.82) is 0 Å². The number of benzene rings is 4. The van der Waals surface area contributed by atoms with Crippen molar-refractivity contribution in [2.24, 2.45) is 20.5 Å². The highest BCUT2D eigenvalue weighted by Crippen LogP contribution is 2.42. The number of nitrogen functional groups attached to an aromatic ring is 1. The summed E-state index contributed by atoms with van der Waals surface area (Å²) in [5.74, 6) is -3.26. The number of phenolic OH excluding ortho intramolecular Hbond substituents is 1. The van der Waals surface area contributed by atoms with Gasteiger partial charge in [-0.05, 0) is 60.3 Å². The van der Waals surface area contributed by atoms with Crippen LogP contribution >= 0.6 is 11.6 Å². The van der Waals surface area contributed by atoms with Gasteiger partial charge in [-0.25, -0.2) is 21.0 Å². The maximum atomic E-state index is 13.0. The molecule has 1 amide bonds. The van der Waals surface area contributed by atoms with Crippen molar-refractivity contribution < 1.29 is 69.8 Å². The van der Waals surface area contributed by atoms with Crippen LogP contribution in [0.25, 0.3) is 10.8 Å². The third kappa shape index (κ3) is 12.6. The Labute approximate surface area is 336 Å². The number of phenols is 1. The molecule has 0 saturated carbocycles. The molecule has 58 heavy (non-hydrogen) atoms. The summed E-state index contributed by atoms with van der Waals surface area (Å²) in [6.07, 6.45) is -0.532. The van der Waals surface area contributed by atoms with Crippen molar-refractivity contribution in [2.45, 2.75) is 27.5 Å². The minimum Gasteiger partial charge on any atom is -0.507 e. The number of amides is 1. The fourth-order valence-electron chi connectivity index (χ4n) is 4.88. The lowest BCUT2D eigenvalue weighted by molar-refractivity contribution is -0.116. The van der Waals surface area contributed by atoms with Crippen LogP contribution in [0.1, 0.15) is 12.8 Å². The Morgan fingerprint density at radius 3 is 2.00 bits per heavy atom. The number of hydrogen-bond donors (Lipinski definition) is 6. The zero-order chi connectivity index (χ0) is 43.3. The number of carbonyl (C=O) groups is 1. The summed E-state index contributed by atoms with van der Waals surface area (Å²) < 4.78 is 152. The van der Waals surface area contributed by atoms with Gasteiger partial charge in [-0.3, -0.25) is 18.5 Å². The maximum absolute atomic E-state index is 13.0. The highest BCUT2D eigenvalue weighted by Gasteiger charge is 2.23. The molecule has 0 aliphatic carbocycles. The molecular formula is C30H31ClN6O16S5. The predicted octanol–water partition coefficient (Wildman–Crippen LogP) is 4.42. The van der Waals surface area contributed by atoms with Gasteiger partial charge in [0.2, 0.25) is 5.91 Å².